The Hall–Kier alpha value is -1.35. The smallest absolute Gasteiger partial charge is 0.253 e. The first-order valence-corrected chi connectivity index (χ1v) is 7.85. The average Bonchev–Trinajstić information content (AvgIpc) is 2.46. The van der Waals surface area contributed by atoms with E-state index in [0.717, 1.165) is 31.5 Å². The molecule has 0 saturated carbocycles. The Labute approximate surface area is 128 Å². The van der Waals surface area contributed by atoms with Gasteiger partial charge in [-0.05, 0) is 50.0 Å². The molecule has 1 fully saturated rings. The van der Waals surface area contributed by atoms with Gasteiger partial charge in [-0.15, -0.1) is 0 Å². The standard InChI is InChI=1S/C18H28N2O/c1-18(2,3)15-8-6-14(7-9-15)17(21)20-12-10-16(11-13-20)19(4)5/h6-9,16H,10-13H2,1-5H3. The maximum Gasteiger partial charge on any atom is 0.253 e. The molecule has 0 unspecified atom stereocenters. The molecule has 1 aromatic rings. The van der Waals surface area contributed by atoms with Crippen molar-refractivity contribution in [2.24, 2.45) is 0 Å². The topological polar surface area (TPSA) is 23.6 Å². The third-order valence-electron chi connectivity index (χ3n) is 4.48. The molecule has 21 heavy (non-hydrogen) atoms. The van der Waals surface area contributed by atoms with E-state index in [4.69, 9.17) is 0 Å². The second kappa shape index (κ2) is 6.18. The molecule has 3 heteroatoms. The molecule has 0 spiro atoms. The Bertz CT molecular complexity index is 477. The minimum atomic E-state index is 0.131. The van der Waals surface area contributed by atoms with Gasteiger partial charge in [0.15, 0.2) is 0 Å². The van der Waals surface area contributed by atoms with E-state index in [1.807, 2.05) is 17.0 Å². The van der Waals surface area contributed by atoms with Crippen LogP contribution in [0.4, 0.5) is 0 Å². The van der Waals surface area contributed by atoms with Gasteiger partial charge in [0.1, 0.15) is 0 Å². The predicted molar refractivity (Wildman–Crippen MR) is 87.8 cm³/mol. The van der Waals surface area contributed by atoms with Gasteiger partial charge in [-0.1, -0.05) is 32.9 Å². The van der Waals surface area contributed by atoms with Gasteiger partial charge < -0.3 is 9.80 Å². The number of piperidine rings is 1. The summed E-state index contributed by atoms with van der Waals surface area (Å²) in [6.45, 7) is 8.30. The molecule has 1 saturated heterocycles. The van der Waals surface area contributed by atoms with Crippen molar-refractivity contribution in [1.82, 2.24) is 9.80 Å². The lowest BCUT2D eigenvalue weighted by Crippen LogP contribution is -2.44. The molecule has 1 amide bonds. The lowest BCUT2D eigenvalue weighted by molar-refractivity contribution is 0.0663. The zero-order chi connectivity index (χ0) is 15.6. The summed E-state index contributed by atoms with van der Waals surface area (Å²) < 4.78 is 0. The Morgan fingerprint density at radius 1 is 1.10 bits per heavy atom. The van der Waals surface area contributed by atoms with Crippen LogP contribution in [0.3, 0.4) is 0 Å². The van der Waals surface area contributed by atoms with E-state index in [1.54, 1.807) is 0 Å². The molecule has 0 bridgehead atoms. The van der Waals surface area contributed by atoms with Gasteiger partial charge in [0.2, 0.25) is 0 Å². The van der Waals surface area contributed by atoms with Crippen molar-refractivity contribution in [3.05, 3.63) is 35.4 Å². The highest BCUT2D eigenvalue weighted by Crippen LogP contribution is 2.23. The number of hydrogen-bond acceptors (Lipinski definition) is 2. The van der Waals surface area contributed by atoms with Crippen LogP contribution in [0.5, 0.6) is 0 Å². The van der Waals surface area contributed by atoms with Crippen LogP contribution >= 0.6 is 0 Å². The van der Waals surface area contributed by atoms with Crippen molar-refractivity contribution in [3.63, 3.8) is 0 Å². The lowest BCUT2D eigenvalue weighted by Gasteiger charge is -2.35. The highest BCUT2D eigenvalue weighted by atomic mass is 16.2. The molecule has 0 radical (unpaired) electrons. The maximum absolute atomic E-state index is 12.5. The summed E-state index contributed by atoms with van der Waals surface area (Å²) >= 11 is 0. The fraction of sp³-hybridized carbons (Fsp3) is 0.611. The van der Waals surface area contributed by atoms with Crippen LogP contribution in [0.25, 0.3) is 0 Å². The van der Waals surface area contributed by atoms with Crippen LogP contribution in [0.1, 0.15) is 49.5 Å². The van der Waals surface area contributed by atoms with Crippen LogP contribution in [-0.4, -0.2) is 48.9 Å². The summed E-state index contributed by atoms with van der Waals surface area (Å²) in [5.41, 5.74) is 2.21. The van der Waals surface area contributed by atoms with E-state index in [1.165, 1.54) is 5.56 Å². The van der Waals surface area contributed by atoms with Crippen LogP contribution < -0.4 is 0 Å². The maximum atomic E-state index is 12.5. The van der Waals surface area contributed by atoms with Crippen LogP contribution in [0.2, 0.25) is 0 Å². The third-order valence-corrected chi connectivity index (χ3v) is 4.48. The van der Waals surface area contributed by atoms with Gasteiger partial charge in [0.05, 0.1) is 0 Å². The molecular formula is C18H28N2O. The lowest BCUT2D eigenvalue weighted by atomic mass is 9.86. The van der Waals surface area contributed by atoms with Gasteiger partial charge in [0.25, 0.3) is 5.91 Å². The molecule has 1 aromatic carbocycles. The van der Waals surface area contributed by atoms with Gasteiger partial charge >= 0.3 is 0 Å². The Balaban J connectivity index is 2.01. The van der Waals surface area contributed by atoms with Crippen molar-refractivity contribution in [1.29, 1.82) is 0 Å². The largest absolute Gasteiger partial charge is 0.339 e. The number of hydrogen-bond donors (Lipinski definition) is 0. The number of carbonyl (C=O) groups is 1. The van der Waals surface area contributed by atoms with Crippen molar-refractivity contribution in [3.8, 4) is 0 Å². The zero-order valence-electron chi connectivity index (χ0n) is 14.0. The number of carbonyl (C=O) groups excluding carboxylic acids is 1. The van der Waals surface area contributed by atoms with Crippen molar-refractivity contribution < 1.29 is 4.79 Å². The summed E-state index contributed by atoms with van der Waals surface area (Å²) in [7, 11) is 4.24. The fourth-order valence-electron chi connectivity index (χ4n) is 2.88. The van der Waals surface area contributed by atoms with E-state index in [2.05, 4.69) is 51.9 Å². The SMILES string of the molecule is CN(C)C1CCN(C(=O)c2ccc(C(C)(C)C)cc2)CC1. The summed E-state index contributed by atoms with van der Waals surface area (Å²) in [4.78, 5) is 16.8. The first-order chi connectivity index (χ1) is 9.79. The second-order valence-electron chi connectivity index (χ2n) is 7.31. The normalized spacial score (nSPS) is 17.3. The minimum Gasteiger partial charge on any atom is -0.339 e. The Kier molecular flexibility index (Phi) is 4.72. The Morgan fingerprint density at radius 2 is 1.62 bits per heavy atom. The molecule has 0 atom stereocenters. The Morgan fingerprint density at radius 3 is 2.05 bits per heavy atom. The number of rotatable bonds is 2. The van der Waals surface area contributed by atoms with Gasteiger partial charge in [-0.3, -0.25) is 4.79 Å². The minimum absolute atomic E-state index is 0.131. The van der Waals surface area contributed by atoms with E-state index < -0.39 is 0 Å². The number of amides is 1. The van der Waals surface area contributed by atoms with Crippen molar-refractivity contribution in [2.75, 3.05) is 27.2 Å². The second-order valence-corrected chi connectivity index (χ2v) is 7.31. The summed E-state index contributed by atoms with van der Waals surface area (Å²) in [5.74, 6) is 0.174. The van der Waals surface area contributed by atoms with Crippen molar-refractivity contribution in [2.45, 2.75) is 45.1 Å². The molecule has 2 rings (SSSR count). The van der Waals surface area contributed by atoms with E-state index in [-0.39, 0.29) is 11.3 Å². The van der Waals surface area contributed by atoms with Crippen LogP contribution in [-0.2, 0) is 5.41 Å². The molecule has 0 aliphatic carbocycles. The molecule has 1 aliphatic rings. The molecule has 0 N–H and O–H groups in total. The number of nitrogens with zero attached hydrogens (tertiary/aromatic N) is 2. The van der Waals surface area contributed by atoms with Gasteiger partial charge in [-0.2, -0.15) is 0 Å². The van der Waals surface area contributed by atoms with E-state index in [9.17, 15) is 4.79 Å². The predicted octanol–water partition coefficient (Wildman–Crippen LogP) is 3.15. The van der Waals surface area contributed by atoms with Crippen molar-refractivity contribution >= 4 is 5.91 Å². The van der Waals surface area contributed by atoms with Crippen LogP contribution in [0.15, 0.2) is 24.3 Å². The van der Waals surface area contributed by atoms with Gasteiger partial charge in [-0.25, -0.2) is 0 Å². The molecule has 3 nitrogen and oxygen atoms in total. The molecular weight excluding hydrogens is 260 g/mol. The first-order valence-electron chi connectivity index (χ1n) is 7.85. The van der Waals surface area contributed by atoms with E-state index >= 15 is 0 Å². The average molecular weight is 288 g/mol. The molecule has 1 heterocycles. The highest BCUT2D eigenvalue weighted by molar-refractivity contribution is 5.94. The van der Waals surface area contributed by atoms with E-state index in [0.29, 0.717) is 6.04 Å². The summed E-state index contributed by atoms with van der Waals surface area (Å²) in [6.07, 6.45) is 2.14. The van der Waals surface area contributed by atoms with Crippen LogP contribution in [0, 0.1) is 0 Å². The zero-order valence-corrected chi connectivity index (χ0v) is 14.0. The summed E-state index contributed by atoms with van der Waals surface area (Å²) in [6, 6.07) is 8.72. The number of benzene rings is 1. The summed E-state index contributed by atoms with van der Waals surface area (Å²) in [5, 5.41) is 0. The van der Waals surface area contributed by atoms with Gasteiger partial charge in [0, 0.05) is 24.7 Å². The number of likely N-dealkylation sites (tertiary alicyclic amines) is 1. The molecule has 116 valence electrons. The third kappa shape index (κ3) is 3.85. The highest BCUT2D eigenvalue weighted by Gasteiger charge is 2.24. The quantitative estimate of drug-likeness (QED) is 0.834. The molecule has 0 aromatic heterocycles. The monoisotopic (exact) mass is 288 g/mol. The fourth-order valence-corrected chi connectivity index (χ4v) is 2.88. The first kappa shape index (κ1) is 16.0. The molecule has 1 aliphatic heterocycles.